The van der Waals surface area contributed by atoms with Crippen LogP contribution in [0.25, 0.3) is 0 Å². The largest absolute Gasteiger partial charge is 0.351 e. The predicted molar refractivity (Wildman–Crippen MR) is 136 cm³/mol. The number of benzene rings is 3. The van der Waals surface area contributed by atoms with Gasteiger partial charge in [-0.05, 0) is 71.9 Å². The number of anilines is 1. The number of rotatable bonds is 3. The number of nitrogens with zero attached hydrogens (tertiary/aromatic N) is 1. The molecule has 33 heavy (non-hydrogen) atoms. The van der Waals surface area contributed by atoms with Crippen molar-refractivity contribution in [2.24, 2.45) is 0 Å². The second-order valence-electron chi connectivity index (χ2n) is 7.62. The van der Waals surface area contributed by atoms with E-state index >= 15 is 0 Å². The minimum absolute atomic E-state index is 0.173. The zero-order valence-corrected chi connectivity index (χ0v) is 20.1. The van der Waals surface area contributed by atoms with Crippen molar-refractivity contribution in [3.8, 4) is 0 Å². The number of hydrogen-bond donors (Lipinski definition) is 3. The Morgan fingerprint density at radius 1 is 0.727 bits per heavy atom. The number of nitrogens with one attached hydrogen (secondary N) is 3. The second-order valence-corrected chi connectivity index (χ2v) is 9.34. The molecule has 0 radical (unpaired) electrons. The van der Waals surface area contributed by atoms with Gasteiger partial charge >= 0.3 is 0 Å². The quantitative estimate of drug-likeness (QED) is 0.390. The molecule has 2 aliphatic rings. The van der Waals surface area contributed by atoms with Gasteiger partial charge in [-0.15, -0.1) is 0 Å². The molecule has 0 aromatic heterocycles. The van der Waals surface area contributed by atoms with Gasteiger partial charge in [0.05, 0.1) is 11.6 Å². The number of carbonyl (C=O) groups excluding carboxylic acids is 1. The van der Waals surface area contributed by atoms with Crippen LogP contribution in [0, 0.1) is 0 Å². The van der Waals surface area contributed by atoms with Crippen LogP contribution in [0.3, 0.4) is 0 Å². The van der Waals surface area contributed by atoms with Gasteiger partial charge in [0.2, 0.25) is 0 Å². The Morgan fingerprint density at radius 3 is 1.82 bits per heavy atom. The maximum absolute atomic E-state index is 14.1. The van der Waals surface area contributed by atoms with Crippen LogP contribution in [0.1, 0.15) is 23.3 Å². The van der Waals surface area contributed by atoms with Crippen molar-refractivity contribution in [2.75, 3.05) is 4.90 Å². The molecule has 0 saturated carbocycles. The molecule has 166 valence electrons. The molecule has 0 unspecified atom stereocenters. The Balaban J connectivity index is 1.65. The van der Waals surface area contributed by atoms with Crippen molar-refractivity contribution < 1.29 is 4.79 Å². The van der Waals surface area contributed by atoms with E-state index in [0.717, 1.165) is 11.1 Å². The van der Waals surface area contributed by atoms with E-state index in [9.17, 15) is 4.79 Å². The third-order valence-electron chi connectivity index (χ3n) is 5.55. The lowest BCUT2D eigenvalue weighted by molar-refractivity contribution is -0.116. The summed E-state index contributed by atoms with van der Waals surface area (Å²) < 4.78 is 0. The first-order chi connectivity index (χ1) is 15.9. The van der Waals surface area contributed by atoms with Crippen LogP contribution < -0.4 is 20.9 Å². The van der Waals surface area contributed by atoms with Crippen molar-refractivity contribution in [3.05, 3.63) is 110 Å². The summed E-state index contributed by atoms with van der Waals surface area (Å²) in [5, 5.41) is 12.0. The van der Waals surface area contributed by atoms with Crippen molar-refractivity contribution in [1.29, 1.82) is 0 Å². The number of amides is 1. The third-order valence-corrected chi connectivity index (χ3v) is 6.53. The Labute approximate surface area is 211 Å². The normalized spacial score (nSPS) is 20.0. The Morgan fingerprint density at radius 2 is 1.24 bits per heavy atom. The Kier molecular flexibility index (Phi) is 5.93. The fraction of sp³-hybridized carbons (Fsp3) is 0.0833. The fourth-order valence-corrected chi connectivity index (χ4v) is 4.61. The molecule has 0 fully saturated rings. The van der Waals surface area contributed by atoms with Gasteiger partial charge in [0, 0.05) is 20.8 Å². The molecular formula is C24H17Cl3N4OS. The third kappa shape index (κ3) is 4.27. The molecule has 5 rings (SSSR count). The molecule has 3 aromatic rings. The summed E-state index contributed by atoms with van der Waals surface area (Å²) in [4.78, 5) is 15.8. The molecule has 0 aliphatic carbocycles. The molecule has 5 nitrogen and oxygen atoms in total. The van der Waals surface area contributed by atoms with E-state index in [0.29, 0.717) is 37.3 Å². The topological polar surface area (TPSA) is 56.4 Å². The number of hydrogen-bond acceptors (Lipinski definition) is 3. The first-order valence-corrected chi connectivity index (χ1v) is 11.6. The van der Waals surface area contributed by atoms with Gasteiger partial charge in [0.15, 0.2) is 5.11 Å². The summed E-state index contributed by atoms with van der Waals surface area (Å²) >= 11 is 23.7. The van der Waals surface area contributed by atoms with Gasteiger partial charge in [0.1, 0.15) is 12.0 Å². The molecule has 0 saturated heterocycles. The molecule has 2 heterocycles. The monoisotopic (exact) mass is 514 g/mol. The SMILES string of the molecule is O=C1C2=C(NC(=S)N[C@H]2c2ccc(Cl)cc2)N[C@H](c2ccc(Cl)cc2)N1c1ccc(Cl)cc1. The van der Waals surface area contributed by atoms with E-state index in [-0.39, 0.29) is 5.91 Å². The van der Waals surface area contributed by atoms with Crippen LogP contribution in [-0.4, -0.2) is 11.0 Å². The van der Waals surface area contributed by atoms with Crippen molar-refractivity contribution in [1.82, 2.24) is 16.0 Å². The van der Waals surface area contributed by atoms with Crippen LogP contribution in [-0.2, 0) is 4.79 Å². The maximum Gasteiger partial charge on any atom is 0.262 e. The minimum Gasteiger partial charge on any atom is -0.351 e. The maximum atomic E-state index is 14.1. The van der Waals surface area contributed by atoms with Gasteiger partial charge in [-0.25, -0.2) is 0 Å². The zero-order chi connectivity index (χ0) is 23.1. The van der Waals surface area contributed by atoms with Crippen LogP contribution in [0.2, 0.25) is 15.1 Å². The van der Waals surface area contributed by atoms with Crippen molar-refractivity contribution in [2.45, 2.75) is 12.2 Å². The fourth-order valence-electron chi connectivity index (χ4n) is 4.01. The first-order valence-electron chi connectivity index (χ1n) is 10.1. The summed E-state index contributed by atoms with van der Waals surface area (Å²) in [7, 11) is 0. The standard InChI is InChI=1S/C24H17Cl3N4OS/c25-15-5-1-13(2-6-15)20-19-21(30-24(33)28-20)29-22(14-3-7-16(26)8-4-14)31(23(19)32)18-11-9-17(27)10-12-18/h1-12,20,22,29H,(H2,28,30,33)/t20-,22-/m0/s1. The molecule has 0 bridgehead atoms. The summed E-state index contributed by atoms with van der Waals surface area (Å²) in [5.74, 6) is 0.391. The molecule has 2 aliphatic heterocycles. The van der Waals surface area contributed by atoms with Gasteiger partial charge in [0.25, 0.3) is 5.91 Å². The molecular weight excluding hydrogens is 499 g/mol. The highest BCUT2D eigenvalue weighted by molar-refractivity contribution is 7.80. The summed E-state index contributed by atoms with van der Waals surface area (Å²) in [6, 6.07) is 21.4. The van der Waals surface area contributed by atoms with E-state index in [4.69, 9.17) is 47.0 Å². The van der Waals surface area contributed by atoms with Crippen molar-refractivity contribution in [3.63, 3.8) is 0 Å². The first kappa shape index (κ1) is 22.0. The lowest BCUT2D eigenvalue weighted by Gasteiger charge is -2.43. The molecule has 3 N–H and O–H groups in total. The van der Waals surface area contributed by atoms with Crippen LogP contribution >= 0.6 is 47.0 Å². The number of halogens is 3. The summed E-state index contributed by atoms with van der Waals surface area (Å²) in [6.45, 7) is 0. The lowest BCUT2D eigenvalue weighted by Crippen LogP contribution is -2.58. The average molecular weight is 516 g/mol. The molecule has 0 spiro atoms. The summed E-state index contributed by atoms with van der Waals surface area (Å²) in [5.41, 5.74) is 2.95. The van der Waals surface area contributed by atoms with E-state index in [1.165, 1.54) is 0 Å². The lowest BCUT2D eigenvalue weighted by atomic mass is 9.93. The second kappa shape index (κ2) is 8.88. The smallest absolute Gasteiger partial charge is 0.262 e. The molecule has 3 aromatic carbocycles. The minimum atomic E-state index is -0.492. The van der Waals surface area contributed by atoms with Crippen LogP contribution in [0.15, 0.2) is 84.2 Å². The van der Waals surface area contributed by atoms with Gasteiger partial charge in [-0.2, -0.15) is 0 Å². The summed E-state index contributed by atoms with van der Waals surface area (Å²) in [6.07, 6.45) is -0.492. The van der Waals surface area contributed by atoms with Gasteiger partial charge in [-0.1, -0.05) is 59.1 Å². The predicted octanol–water partition coefficient (Wildman–Crippen LogP) is 5.71. The van der Waals surface area contributed by atoms with Crippen molar-refractivity contribution >= 4 is 63.7 Å². The highest BCUT2D eigenvalue weighted by Crippen LogP contribution is 2.38. The van der Waals surface area contributed by atoms with E-state index in [1.807, 2.05) is 36.4 Å². The van der Waals surface area contributed by atoms with E-state index in [1.54, 1.807) is 41.3 Å². The highest BCUT2D eigenvalue weighted by Gasteiger charge is 2.42. The molecule has 1 amide bonds. The molecule has 9 heteroatoms. The number of thiocarbonyl (C=S) groups is 1. The van der Waals surface area contributed by atoms with Crippen LogP contribution in [0.4, 0.5) is 5.69 Å². The van der Waals surface area contributed by atoms with E-state index in [2.05, 4.69) is 16.0 Å². The van der Waals surface area contributed by atoms with Gasteiger partial charge in [-0.3, -0.25) is 9.69 Å². The highest BCUT2D eigenvalue weighted by atomic mass is 35.5. The van der Waals surface area contributed by atoms with Crippen LogP contribution in [0.5, 0.6) is 0 Å². The number of carbonyl (C=O) groups is 1. The average Bonchev–Trinajstić information content (AvgIpc) is 2.80. The zero-order valence-electron chi connectivity index (χ0n) is 17.0. The molecule has 2 atom stereocenters. The van der Waals surface area contributed by atoms with E-state index < -0.39 is 12.2 Å². The van der Waals surface area contributed by atoms with Gasteiger partial charge < -0.3 is 16.0 Å². The Bertz CT molecular complexity index is 1260. The Hall–Kier alpha value is -2.77.